The lowest BCUT2D eigenvalue weighted by Gasteiger charge is -2.15. The largest absolute Gasteiger partial charge is 0.489 e. The molecule has 4 rings (SSSR count). The molecule has 10 heteroatoms. The Labute approximate surface area is 188 Å². The zero-order valence-electron chi connectivity index (χ0n) is 17.9. The molecular weight excluding hydrogens is 431 g/mol. The number of benzene rings is 1. The average molecular weight is 455 g/mol. The number of rotatable bonds is 8. The quantitative estimate of drug-likeness (QED) is 0.365. The molecule has 0 radical (unpaired) electrons. The Balaban J connectivity index is 1.59. The van der Waals surface area contributed by atoms with Crippen LogP contribution in [-0.4, -0.2) is 38.5 Å². The third-order valence-corrected chi connectivity index (χ3v) is 5.91. The van der Waals surface area contributed by atoms with Gasteiger partial charge in [0.2, 0.25) is 0 Å². The molecular formula is C22H23FN6O2S. The fourth-order valence-corrected chi connectivity index (χ4v) is 4.34. The van der Waals surface area contributed by atoms with Crippen LogP contribution in [0.4, 0.5) is 15.9 Å². The number of aryl methyl sites for hydroxylation is 1. The van der Waals surface area contributed by atoms with Gasteiger partial charge in [-0.15, -0.1) is 11.3 Å². The number of hydrogen-bond acceptors (Lipinski definition) is 7. The number of ether oxygens (including phenoxy) is 1. The standard InChI is InChI=1S/C22H23FN6O2S/c1-12(2)31-17-8-14(23)4-5-16(17)29-20-18-13(3)19(32-22(18)28-11-27-20)21(30)25-7-6-15-9-24-10-26-15/h4-5,8-12H,6-7H2,1-3H3,(H,24,26)(H,25,30)(H,27,28,29). The van der Waals surface area contributed by atoms with Crippen LogP contribution >= 0.6 is 11.3 Å². The van der Waals surface area contributed by atoms with Gasteiger partial charge in [-0.25, -0.2) is 19.3 Å². The van der Waals surface area contributed by atoms with Crippen LogP contribution in [0.3, 0.4) is 0 Å². The summed E-state index contributed by atoms with van der Waals surface area (Å²) in [5.41, 5.74) is 2.24. The van der Waals surface area contributed by atoms with E-state index in [-0.39, 0.29) is 17.8 Å². The second-order valence-electron chi connectivity index (χ2n) is 7.46. The minimum Gasteiger partial charge on any atom is -0.489 e. The van der Waals surface area contributed by atoms with E-state index in [2.05, 4.69) is 30.6 Å². The van der Waals surface area contributed by atoms with Crippen LogP contribution in [0.2, 0.25) is 0 Å². The van der Waals surface area contributed by atoms with Gasteiger partial charge in [-0.1, -0.05) is 0 Å². The highest BCUT2D eigenvalue weighted by Crippen LogP contribution is 2.36. The fourth-order valence-electron chi connectivity index (χ4n) is 3.27. The number of nitrogens with zero attached hydrogens (tertiary/aromatic N) is 3. The summed E-state index contributed by atoms with van der Waals surface area (Å²) in [6, 6.07) is 4.29. The summed E-state index contributed by atoms with van der Waals surface area (Å²) in [5.74, 6) is 0.354. The van der Waals surface area contributed by atoms with Crippen molar-refractivity contribution in [3.63, 3.8) is 0 Å². The maximum Gasteiger partial charge on any atom is 0.261 e. The van der Waals surface area contributed by atoms with E-state index < -0.39 is 0 Å². The number of imidazole rings is 1. The highest BCUT2D eigenvalue weighted by atomic mass is 32.1. The van der Waals surface area contributed by atoms with Crippen LogP contribution < -0.4 is 15.4 Å². The number of hydrogen-bond donors (Lipinski definition) is 3. The molecule has 166 valence electrons. The van der Waals surface area contributed by atoms with Gasteiger partial charge >= 0.3 is 0 Å². The van der Waals surface area contributed by atoms with E-state index in [1.54, 1.807) is 18.6 Å². The lowest BCUT2D eigenvalue weighted by atomic mass is 10.2. The van der Waals surface area contributed by atoms with E-state index in [1.165, 1.54) is 29.8 Å². The Bertz CT molecular complexity index is 1240. The first-order valence-corrected chi connectivity index (χ1v) is 11.0. The highest BCUT2D eigenvalue weighted by molar-refractivity contribution is 7.20. The second kappa shape index (κ2) is 9.31. The molecule has 1 aromatic carbocycles. The normalized spacial score (nSPS) is 11.2. The van der Waals surface area contributed by atoms with Gasteiger partial charge in [-0.3, -0.25) is 4.79 Å². The van der Waals surface area contributed by atoms with Gasteiger partial charge < -0.3 is 20.4 Å². The Morgan fingerprint density at radius 3 is 2.88 bits per heavy atom. The lowest BCUT2D eigenvalue weighted by molar-refractivity contribution is 0.0957. The molecule has 3 aromatic heterocycles. The second-order valence-corrected chi connectivity index (χ2v) is 8.46. The predicted molar refractivity (Wildman–Crippen MR) is 122 cm³/mol. The van der Waals surface area contributed by atoms with Crippen molar-refractivity contribution in [1.29, 1.82) is 0 Å². The van der Waals surface area contributed by atoms with Gasteiger partial charge in [0, 0.05) is 25.2 Å². The lowest BCUT2D eigenvalue weighted by Crippen LogP contribution is -2.25. The predicted octanol–water partition coefficient (Wildman–Crippen LogP) is 4.37. The molecule has 0 aliphatic heterocycles. The summed E-state index contributed by atoms with van der Waals surface area (Å²) < 4.78 is 19.5. The van der Waals surface area contributed by atoms with Gasteiger partial charge in [-0.05, 0) is 38.5 Å². The number of carbonyl (C=O) groups excluding carboxylic acids is 1. The molecule has 4 aromatic rings. The number of amides is 1. The Morgan fingerprint density at radius 2 is 2.12 bits per heavy atom. The molecule has 8 nitrogen and oxygen atoms in total. The van der Waals surface area contributed by atoms with Crippen LogP contribution in [0.1, 0.15) is 34.8 Å². The van der Waals surface area contributed by atoms with Crippen molar-refractivity contribution in [3.05, 3.63) is 59.0 Å². The van der Waals surface area contributed by atoms with Crippen molar-refractivity contribution in [2.45, 2.75) is 33.3 Å². The van der Waals surface area contributed by atoms with Crippen molar-refractivity contribution in [2.24, 2.45) is 0 Å². The van der Waals surface area contributed by atoms with E-state index in [9.17, 15) is 9.18 Å². The van der Waals surface area contributed by atoms with Crippen LogP contribution in [0.25, 0.3) is 10.2 Å². The third-order valence-electron chi connectivity index (χ3n) is 4.71. The third kappa shape index (κ3) is 4.70. The molecule has 0 saturated carbocycles. The van der Waals surface area contributed by atoms with E-state index in [4.69, 9.17) is 4.74 Å². The van der Waals surface area contributed by atoms with Crippen molar-refractivity contribution in [2.75, 3.05) is 11.9 Å². The number of thiophene rings is 1. The summed E-state index contributed by atoms with van der Waals surface area (Å²) >= 11 is 1.31. The minimum absolute atomic E-state index is 0.123. The van der Waals surface area contributed by atoms with Crippen LogP contribution in [-0.2, 0) is 6.42 Å². The van der Waals surface area contributed by atoms with Crippen molar-refractivity contribution in [1.82, 2.24) is 25.3 Å². The molecule has 32 heavy (non-hydrogen) atoms. The van der Waals surface area contributed by atoms with E-state index >= 15 is 0 Å². The summed E-state index contributed by atoms with van der Waals surface area (Å²) in [6.07, 6.45) is 5.36. The molecule has 1 amide bonds. The SMILES string of the molecule is Cc1c(C(=O)NCCc2c[nH]cn2)sc2ncnc(Nc3ccc(F)cc3OC(C)C)c12. The van der Waals surface area contributed by atoms with Gasteiger partial charge in [0.15, 0.2) is 0 Å². The number of aromatic amines is 1. The van der Waals surface area contributed by atoms with Crippen LogP contribution in [0.5, 0.6) is 5.75 Å². The molecule has 0 aliphatic rings. The first kappa shape index (κ1) is 21.7. The van der Waals surface area contributed by atoms with Crippen molar-refractivity contribution in [3.8, 4) is 5.75 Å². The van der Waals surface area contributed by atoms with Gasteiger partial charge in [0.25, 0.3) is 5.91 Å². The molecule has 0 bridgehead atoms. The first-order valence-electron chi connectivity index (χ1n) is 10.2. The highest BCUT2D eigenvalue weighted by Gasteiger charge is 2.20. The van der Waals surface area contributed by atoms with Crippen molar-refractivity contribution < 1.29 is 13.9 Å². The number of carbonyl (C=O) groups is 1. The molecule has 0 aliphatic carbocycles. The maximum atomic E-state index is 13.8. The first-order chi connectivity index (χ1) is 15.4. The molecule has 0 unspecified atom stereocenters. The molecule has 0 atom stereocenters. The van der Waals surface area contributed by atoms with Gasteiger partial charge in [0.05, 0.1) is 34.1 Å². The number of halogens is 1. The van der Waals surface area contributed by atoms with E-state index in [0.717, 1.165) is 16.6 Å². The molecule has 0 saturated heterocycles. The molecule has 0 fully saturated rings. The molecule has 3 N–H and O–H groups in total. The van der Waals surface area contributed by atoms with Gasteiger partial charge in [0.1, 0.15) is 28.5 Å². The number of fused-ring (bicyclic) bond motifs is 1. The van der Waals surface area contributed by atoms with Crippen LogP contribution in [0.15, 0.2) is 37.1 Å². The summed E-state index contributed by atoms with van der Waals surface area (Å²) in [7, 11) is 0. The van der Waals surface area contributed by atoms with E-state index in [0.29, 0.717) is 39.9 Å². The maximum absolute atomic E-state index is 13.8. The van der Waals surface area contributed by atoms with Crippen LogP contribution in [0, 0.1) is 12.7 Å². The van der Waals surface area contributed by atoms with Crippen molar-refractivity contribution >= 4 is 39.0 Å². The Morgan fingerprint density at radius 1 is 1.28 bits per heavy atom. The van der Waals surface area contributed by atoms with Gasteiger partial charge in [-0.2, -0.15) is 0 Å². The summed E-state index contributed by atoms with van der Waals surface area (Å²) in [6.45, 7) is 6.08. The number of nitrogens with one attached hydrogen (secondary N) is 3. The number of anilines is 2. The monoisotopic (exact) mass is 454 g/mol. The topological polar surface area (TPSA) is 105 Å². The fraction of sp³-hybridized carbons (Fsp3) is 0.273. The average Bonchev–Trinajstić information content (AvgIpc) is 3.38. The minimum atomic E-state index is -0.389. The molecule has 0 spiro atoms. The summed E-state index contributed by atoms with van der Waals surface area (Å²) in [4.78, 5) is 29.8. The Kier molecular flexibility index (Phi) is 6.31. The molecule has 3 heterocycles. The number of aromatic nitrogens is 4. The smallest absolute Gasteiger partial charge is 0.261 e. The van der Waals surface area contributed by atoms with E-state index in [1.807, 2.05) is 20.8 Å². The summed E-state index contributed by atoms with van der Waals surface area (Å²) in [5, 5.41) is 6.90. The number of H-pyrrole nitrogens is 1. The Hall–Kier alpha value is -3.53. The zero-order chi connectivity index (χ0) is 22.7. The zero-order valence-corrected chi connectivity index (χ0v) is 18.7.